The summed E-state index contributed by atoms with van der Waals surface area (Å²) >= 11 is 0. The van der Waals surface area contributed by atoms with Crippen molar-refractivity contribution >= 4 is 0 Å². The highest BCUT2D eigenvalue weighted by Gasteiger charge is 2.21. The second-order valence-electron chi connectivity index (χ2n) is 2.59. The first kappa shape index (κ1) is 3.89. The van der Waals surface area contributed by atoms with E-state index in [2.05, 4.69) is 0 Å². The molecule has 1 saturated carbocycles. The third-order valence-electron chi connectivity index (χ3n) is 0.995. The summed E-state index contributed by atoms with van der Waals surface area (Å²) in [5, 5.41) is 0. The van der Waals surface area contributed by atoms with E-state index in [4.69, 9.17) is 7.48 Å². The van der Waals surface area contributed by atoms with Crippen LogP contribution < -0.4 is 0 Å². The van der Waals surface area contributed by atoms with Crippen LogP contribution in [0.15, 0.2) is 0 Å². The molecule has 0 atom stereocenters. The van der Waals surface area contributed by atoms with E-state index in [9.17, 15) is 0 Å². The first-order valence-electron chi connectivity index (χ1n) is 4.20. The molecule has 0 amide bonds. The van der Waals surface area contributed by atoms with Crippen LogP contribution in [0.25, 0.3) is 0 Å². The summed E-state index contributed by atoms with van der Waals surface area (Å²) in [5.74, 6) is -0.0481. The molecule has 0 aliphatic heterocycles. The van der Waals surface area contributed by atoms with E-state index >= 15 is 0 Å². The second-order valence-corrected chi connectivity index (χ2v) is 2.59. The zero-order valence-corrected chi connectivity index (χ0v) is 5.48. The third kappa shape index (κ3) is 2.31. The molecule has 0 aromatic heterocycles. The van der Waals surface area contributed by atoms with Gasteiger partial charge in [0.1, 0.15) is 0 Å². The molecule has 1 aliphatic carbocycles. The lowest BCUT2D eigenvalue weighted by Gasteiger charge is -2.03. The Morgan fingerprint density at radius 2 is 2.38 bits per heavy atom. The van der Waals surface area contributed by atoms with Crippen LogP contribution in [0.2, 0.25) is 0 Å². The van der Waals surface area contributed by atoms with Gasteiger partial charge in [-0.2, -0.15) is 0 Å². The van der Waals surface area contributed by atoms with Crippen molar-refractivity contribution in [3.05, 3.63) is 0 Å². The van der Waals surface area contributed by atoms with Gasteiger partial charge < -0.3 is 4.74 Å². The van der Waals surface area contributed by atoms with Crippen LogP contribution >= 0.6 is 0 Å². The SMILES string of the molecule is [2H]C([2H])(OC1CC1)C(C)C. The Hall–Kier alpha value is -0.0400. The molecule has 0 bridgehead atoms. The first-order valence-corrected chi connectivity index (χ1v) is 3.20. The van der Waals surface area contributed by atoms with Crippen molar-refractivity contribution in [1.29, 1.82) is 0 Å². The van der Waals surface area contributed by atoms with Crippen molar-refractivity contribution in [2.75, 3.05) is 6.56 Å². The number of rotatable bonds is 3. The summed E-state index contributed by atoms with van der Waals surface area (Å²) in [4.78, 5) is 0. The fraction of sp³-hybridized carbons (Fsp3) is 1.00. The highest BCUT2D eigenvalue weighted by Crippen LogP contribution is 2.23. The molecule has 0 radical (unpaired) electrons. The van der Waals surface area contributed by atoms with E-state index in [0.717, 1.165) is 12.8 Å². The smallest absolute Gasteiger partial charge is 0.0577 e. The molecule has 1 aliphatic rings. The highest BCUT2D eigenvalue weighted by molar-refractivity contribution is 4.72. The predicted molar refractivity (Wildman–Crippen MR) is 33.8 cm³/mol. The maximum atomic E-state index is 7.40. The minimum absolute atomic E-state index is 0.0481. The topological polar surface area (TPSA) is 9.23 Å². The van der Waals surface area contributed by atoms with Gasteiger partial charge in [0.25, 0.3) is 0 Å². The predicted octanol–water partition coefficient (Wildman–Crippen LogP) is 1.82. The van der Waals surface area contributed by atoms with E-state index in [1.54, 1.807) is 0 Å². The zero-order chi connectivity index (χ0) is 7.78. The average molecular weight is 116 g/mol. The van der Waals surface area contributed by atoms with Crippen molar-refractivity contribution in [3.63, 3.8) is 0 Å². The van der Waals surface area contributed by atoms with Crippen LogP contribution in [0.3, 0.4) is 0 Å². The Bertz CT molecular complexity index is 119. The summed E-state index contributed by atoms with van der Waals surface area (Å²) in [6.45, 7) is 2.26. The second kappa shape index (κ2) is 2.49. The zero-order valence-electron chi connectivity index (χ0n) is 7.48. The normalized spacial score (nSPS) is 25.4. The van der Waals surface area contributed by atoms with E-state index < -0.39 is 6.56 Å². The largest absolute Gasteiger partial charge is 0.378 e. The van der Waals surface area contributed by atoms with E-state index in [0.29, 0.717) is 0 Å². The third-order valence-corrected chi connectivity index (χ3v) is 0.995. The van der Waals surface area contributed by atoms with Gasteiger partial charge in [-0.05, 0) is 18.8 Å². The molecule has 1 fully saturated rings. The van der Waals surface area contributed by atoms with Gasteiger partial charge in [0.05, 0.1) is 8.85 Å². The molecule has 0 saturated heterocycles. The monoisotopic (exact) mass is 116 g/mol. The number of ether oxygens (including phenoxy) is 1. The molecule has 48 valence electrons. The lowest BCUT2D eigenvalue weighted by molar-refractivity contribution is 0.0961. The maximum Gasteiger partial charge on any atom is 0.0577 e. The lowest BCUT2D eigenvalue weighted by Crippen LogP contribution is -2.02. The van der Waals surface area contributed by atoms with E-state index in [1.807, 2.05) is 13.8 Å². The minimum Gasteiger partial charge on any atom is -0.378 e. The Balaban J connectivity index is 2.33. The average Bonchev–Trinajstić information content (AvgIpc) is 2.48. The Labute approximate surface area is 53.8 Å². The maximum absolute atomic E-state index is 7.40. The van der Waals surface area contributed by atoms with Crippen LogP contribution in [0, 0.1) is 5.92 Å². The molecule has 0 spiro atoms. The Morgan fingerprint density at radius 3 is 2.75 bits per heavy atom. The molecule has 0 unspecified atom stereocenters. The van der Waals surface area contributed by atoms with Crippen molar-refractivity contribution in [1.82, 2.24) is 0 Å². The van der Waals surface area contributed by atoms with Crippen molar-refractivity contribution in [2.45, 2.75) is 32.8 Å². The van der Waals surface area contributed by atoms with Crippen LogP contribution in [0.4, 0.5) is 0 Å². The number of hydrogen-bond acceptors (Lipinski definition) is 1. The van der Waals surface area contributed by atoms with Gasteiger partial charge >= 0.3 is 0 Å². The van der Waals surface area contributed by atoms with Crippen LogP contribution in [-0.2, 0) is 4.74 Å². The van der Waals surface area contributed by atoms with Gasteiger partial charge in [0.2, 0.25) is 0 Å². The summed E-state index contributed by atoms with van der Waals surface area (Å²) in [5.41, 5.74) is 0. The summed E-state index contributed by atoms with van der Waals surface area (Å²) in [6.07, 6.45) is 2.27. The first-order chi connectivity index (χ1) is 4.52. The molecule has 0 N–H and O–H groups in total. The Kier molecular flexibility index (Phi) is 1.21. The summed E-state index contributed by atoms with van der Waals surface area (Å²) < 4.78 is 19.9. The quantitative estimate of drug-likeness (QED) is 0.546. The fourth-order valence-corrected chi connectivity index (χ4v) is 0.418. The van der Waals surface area contributed by atoms with Crippen LogP contribution in [-0.4, -0.2) is 12.7 Å². The summed E-state index contributed by atoms with van der Waals surface area (Å²) in [6, 6.07) is 0. The molecule has 0 heterocycles. The molecule has 1 heteroatoms. The van der Waals surface area contributed by atoms with Gasteiger partial charge in [-0.25, -0.2) is 0 Å². The lowest BCUT2D eigenvalue weighted by atomic mass is 10.2. The van der Waals surface area contributed by atoms with Crippen molar-refractivity contribution in [2.24, 2.45) is 5.92 Å². The van der Waals surface area contributed by atoms with Crippen LogP contribution in [0.5, 0.6) is 0 Å². The van der Waals surface area contributed by atoms with E-state index in [-0.39, 0.29) is 12.0 Å². The van der Waals surface area contributed by atoms with Gasteiger partial charge in [0.15, 0.2) is 0 Å². The van der Waals surface area contributed by atoms with E-state index in [1.165, 1.54) is 0 Å². The molecular formula is C7H14O. The molecule has 1 rings (SSSR count). The molecule has 1 nitrogen and oxygen atoms in total. The molecule has 8 heavy (non-hydrogen) atoms. The highest BCUT2D eigenvalue weighted by atomic mass is 16.5. The minimum atomic E-state index is -1.42. The Morgan fingerprint density at radius 1 is 1.75 bits per heavy atom. The number of hydrogen-bond donors (Lipinski definition) is 0. The molecule has 0 aromatic carbocycles. The van der Waals surface area contributed by atoms with Gasteiger partial charge in [0, 0.05) is 6.56 Å². The van der Waals surface area contributed by atoms with Crippen molar-refractivity contribution < 1.29 is 7.48 Å². The van der Waals surface area contributed by atoms with Crippen molar-refractivity contribution in [3.8, 4) is 0 Å². The molecule has 0 aromatic rings. The fourth-order valence-electron chi connectivity index (χ4n) is 0.418. The van der Waals surface area contributed by atoms with Gasteiger partial charge in [-0.1, -0.05) is 13.8 Å². The standard InChI is InChI=1S/C7H14O/c1-6(2)5-8-7-3-4-7/h6-7H,3-5H2,1-2H3/i5D2. The summed E-state index contributed by atoms with van der Waals surface area (Å²) in [7, 11) is 0. The van der Waals surface area contributed by atoms with Gasteiger partial charge in [-0.3, -0.25) is 0 Å². The van der Waals surface area contributed by atoms with Crippen LogP contribution in [0.1, 0.15) is 29.4 Å². The van der Waals surface area contributed by atoms with Gasteiger partial charge in [-0.15, -0.1) is 0 Å². The molecular weight excluding hydrogens is 100 g/mol.